The molecule has 5 aliphatic rings. The van der Waals surface area contributed by atoms with Crippen LogP contribution in [-0.2, 0) is 70.3 Å². The number of fused-ring (bicyclic) bond motifs is 2. The first-order chi connectivity index (χ1) is 41.3. The number of nitrogens with zero attached hydrogens (tertiary/aromatic N) is 8. The molecule has 0 spiro atoms. The molecule has 13 rings (SSSR count). The van der Waals surface area contributed by atoms with Crippen molar-refractivity contribution < 1.29 is 47.5 Å². The number of hydrogen-bond acceptors (Lipinski definition) is 12. The van der Waals surface area contributed by atoms with E-state index in [1.54, 1.807) is 30.3 Å². The maximum atomic E-state index is 15.2. The minimum absolute atomic E-state index is 0.0178. The Morgan fingerprint density at radius 2 is 1.25 bits per heavy atom. The molecular weight excluding hydrogens is 1130 g/mol. The van der Waals surface area contributed by atoms with Gasteiger partial charge in [0.25, 0.3) is 0 Å². The molecule has 4 saturated heterocycles. The maximum Gasteiger partial charge on any atom is 0.314 e. The summed E-state index contributed by atoms with van der Waals surface area (Å²) in [6.07, 6.45) is 5.95. The van der Waals surface area contributed by atoms with E-state index in [-0.39, 0.29) is 49.6 Å². The molecule has 0 amide bonds. The van der Waals surface area contributed by atoms with Gasteiger partial charge in [-0.1, -0.05) is 53.5 Å². The monoisotopic (exact) mass is 1190 g/mol. The van der Waals surface area contributed by atoms with Crippen molar-refractivity contribution in [3.8, 4) is 11.8 Å². The van der Waals surface area contributed by atoms with Crippen molar-refractivity contribution in [2.24, 2.45) is 0 Å². The van der Waals surface area contributed by atoms with Crippen LogP contribution in [0.1, 0.15) is 120 Å². The Labute approximate surface area is 500 Å². The zero-order valence-corrected chi connectivity index (χ0v) is 48.5. The van der Waals surface area contributed by atoms with Gasteiger partial charge in [-0.25, -0.2) is 28.7 Å². The Morgan fingerprint density at radius 1 is 0.647 bits per heavy atom. The van der Waals surface area contributed by atoms with Crippen LogP contribution in [0.15, 0.2) is 103 Å². The quantitative estimate of drug-likeness (QED) is 0.0654. The summed E-state index contributed by atoms with van der Waals surface area (Å²) in [7, 11) is 0. The van der Waals surface area contributed by atoms with E-state index in [9.17, 15) is 24.2 Å². The van der Waals surface area contributed by atoms with Crippen molar-refractivity contribution in [2.45, 2.75) is 133 Å². The summed E-state index contributed by atoms with van der Waals surface area (Å²) < 4.78 is 58.9. The van der Waals surface area contributed by atoms with E-state index in [0.29, 0.717) is 85.0 Å². The van der Waals surface area contributed by atoms with Gasteiger partial charge in [-0.15, -0.1) is 0 Å². The van der Waals surface area contributed by atoms with Crippen LogP contribution in [0.5, 0.6) is 11.8 Å². The van der Waals surface area contributed by atoms with Gasteiger partial charge in [0, 0.05) is 75.5 Å². The summed E-state index contributed by atoms with van der Waals surface area (Å²) >= 11 is 12.1. The number of halogens is 4. The lowest BCUT2D eigenvalue weighted by molar-refractivity contribution is -0.140. The molecule has 85 heavy (non-hydrogen) atoms. The molecule has 20 heteroatoms. The molecule has 442 valence electrons. The van der Waals surface area contributed by atoms with Crippen molar-refractivity contribution in [3.63, 3.8) is 0 Å². The van der Waals surface area contributed by atoms with Crippen LogP contribution in [0.4, 0.5) is 8.78 Å². The number of ether oxygens (including phenoxy) is 4. The van der Waals surface area contributed by atoms with E-state index in [4.69, 9.17) is 62.1 Å². The minimum Gasteiger partial charge on any atom is -0.481 e. The van der Waals surface area contributed by atoms with Crippen LogP contribution in [0, 0.1) is 11.6 Å². The van der Waals surface area contributed by atoms with E-state index < -0.39 is 29.0 Å². The second-order valence-corrected chi connectivity index (χ2v) is 24.4. The normalized spacial score (nSPS) is 20.1. The van der Waals surface area contributed by atoms with E-state index in [1.165, 1.54) is 12.1 Å². The van der Waals surface area contributed by atoms with E-state index in [1.807, 2.05) is 54.6 Å². The highest BCUT2D eigenvalue weighted by molar-refractivity contribution is 6.30. The molecule has 1 aliphatic carbocycles. The number of carboxylic acids is 2. The highest BCUT2D eigenvalue weighted by Gasteiger charge is 2.52. The average molecular weight is 1200 g/mol. The van der Waals surface area contributed by atoms with Gasteiger partial charge in [0.15, 0.2) is 0 Å². The third-order valence-corrected chi connectivity index (χ3v) is 18.5. The molecule has 8 heterocycles. The number of pyridine rings is 2. The van der Waals surface area contributed by atoms with Crippen LogP contribution >= 0.6 is 23.2 Å². The van der Waals surface area contributed by atoms with Gasteiger partial charge in [-0.05, 0) is 155 Å². The van der Waals surface area contributed by atoms with Gasteiger partial charge < -0.3 is 38.3 Å². The molecule has 4 aromatic heterocycles. The minimum atomic E-state index is -0.855. The number of imidazole rings is 2. The molecule has 1 saturated carbocycles. The topological polar surface area (TPSA) is 179 Å². The number of rotatable bonds is 22. The fourth-order valence-corrected chi connectivity index (χ4v) is 13.0. The molecule has 0 bridgehead atoms. The molecule has 0 radical (unpaired) electrons. The summed E-state index contributed by atoms with van der Waals surface area (Å²) in [5, 5.41) is 20.2. The lowest BCUT2D eigenvalue weighted by Gasteiger charge is -2.39. The highest BCUT2D eigenvalue weighted by atomic mass is 35.5. The van der Waals surface area contributed by atoms with Crippen LogP contribution in [-0.4, -0.2) is 113 Å². The number of aromatic nitrogens is 6. The number of hydrogen-bond donors (Lipinski definition) is 2. The predicted octanol–water partition coefficient (Wildman–Crippen LogP) is 11.8. The number of benzene rings is 4. The third kappa shape index (κ3) is 12.5. The van der Waals surface area contributed by atoms with Crippen molar-refractivity contribution in [1.29, 1.82) is 0 Å². The van der Waals surface area contributed by atoms with Crippen molar-refractivity contribution in [2.75, 3.05) is 39.4 Å². The summed E-state index contributed by atoms with van der Waals surface area (Å²) in [4.78, 5) is 49.1. The summed E-state index contributed by atoms with van der Waals surface area (Å²) in [6.45, 7) is 6.87. The molecule has 5 fully saturated rings. The number of aliphatic carboxylic acids is 2. The zero-order valence-electron chi connectivity index (χ0n) is 47.0. The Bertz CT molecular complexity index is 3800. The predicted molar refractivity (Wildman–Crippen MR) is 315 cm³/mol. The number of aryl methyl sites for hydroxylation is 1. The zero-order chi connectivity index (χ0) is 58.3. The Balaban J connectivity index is 0.723. The number of carbonyl (C=O) groups is 2. The Hall–Kier alpha value is -7.06. The average Bonchev–Trinajstić information content (AvgIpc) is 2.00. The lowest BCUT2D eigenvalue weighted by atomic mass is 9.86. The van der Waals surface area contributed by atoms with Gasteiger partial charge in [-0.3, -0.25) is 19.4 Å². The number of piperidine rings is 2. The highest BCUT2D eigenvalue weighted by Crippen LogP contribution is 2.49. The van der Waals surface area contributed by atoms with Crippen LogP contribution in [0.25, 0.3) is 22.1 Å². The number of carboxylic acid groups (broad SMARTS) is 2. The Kier molecular flexibility index (Phi) is 16.4. The van der Waals surface area contributed by atoms with Gasteiger partial charge in [0.1, 0.15) is 36.5 Å². The van der Waals surface area contributed by atoms with Crippen LogP contribution in [0.2, 0.25) is 10.0 Å². The van der Waals surface area contributed by atoms with Crippen LogP contribution in [0.3, 0.4) is 0 Å². The molecule has 8 aromatic rings. The molecule has 16 nitrogen and oxygen atoms in total. The summed E-state index contributed by atoms with van der Waals surface area (Å²) in [5.74, 6) is 0.451. The molecule has 3 unspecified atom stereocenters. The smallest absolute Gasteiger partial charge is 0.314 e. The first-order valence-electron chi connectivity index (χ1n) is 29.5. The van der Waals surface area contributed by atoms with Gasteiger partial charge >= 0.3 is 11.9 Å². The van der Waals surface area contributed by atoms with Gasteiger partial charge in [0.05, 0.1) is 72.5 Å². The first-order valence-corrected chi connectivity index (χ1v) is 30.3. The van der Waals surface area contributed by atoms with Crippen LogP contribution < -0.4 is 9.47 Å². The standard InChI is InChI=1S/C65H66Cl2F2N8O8/c66-46-9-6-42(50(68)30-46)36-84-61-3-1-2-52(72-61)40-14-21-74(22-15-40)35-60-70-54-26-39(5-13-63(78)79)4-11-56(54)77(60)33-58-49(38-83-58)44-27-53(73-62(28-44)85-37-43-7-10-47(67)31-51(43)69)41-16-23-75(24-17-41)34-59-71-55-29-45(65(19-20-65)64(80)81)8-12-57(55)76(59)32-48-18-25-82-48/h1-4,6-12,26-31,40-41,48-49,58H,5,13-25,32-38H2,(H,78,79)(H,80,81). The van der Waals surface area contributed by atoms with Crippen molar-refractivity contribution >= 4 is 57.2 Å². The van der Waals surface area contributed by atoms with Gasteiger partial charge in [-0.2, -0.15) is 0 Å². The fourth-order valence-electron chi connectivity index (χ4n) is 12.7. The molecule has 4 aliphatic heterocycles. The third-order valence-electron chi connectivity index (χ3n) is 18.1. The molecule has 3 atom stereocenters. The largest absolute Gasteiger partial charge is 0.481 e. The molecular formula is C65H66Cl2F2N8O8. The SMILES string of the molecule is O=C(O)CCc1ccc2c(c1)nc(CN1CCC(c3cccc(OCc4ccc(Cl)cc4F)n3)CC1)n2CC1OCC1c1cc(OCc2ccc(Cl)cc2F)nc(C2CCN(Cc3nc4cc(C5(C(=O)O)CC5)ccc4n3CC3CCO3)CC2)c1. The molecule has 4 aromatic carbocycles. The van der Waals surface area contributed by atoms with E-state index >= 15 is 4.39 Å². The van der Waals surface area contributed by atoms with E-state index in [0.717, 1.165) is 127 Å². The molecule has 2 N–H and O–H groups in total. The number of likely N-dealkylation sites (tertiary alicyclic amines) is 2. The maximum absolute atomic E-state index is 15.2. The lowest BCUT2D eigenvalue weighted by Crippen LogP contribution is -2.41. The van der Waals surface area contributed by atoms with E-state index in [2.05, 4.69) is 25.0 Å². The van der Waals surface area contributed by atoms with Crippen molar-refractivity contribution in [1.82, 2.24) is 38.9 Å². The summed E-state index contributed by atoms with van der Waals surface area (Å²) in [6, 6.07) is 31.0. The van der Waals surface area contributed by atoms with Crippen molar-refractivity contribution in [3.05, 3.63) is 176 Å². The second-order valence-electron chi connectivity index (χ2n) is 23.6. The summed E-state index contributed by atoms with van der Waals surface area (Å²) in [5.41, 5.74) is 8.08. The second kappa shape index (κ2) is 24.4. The first kappa shape index (κ1) is 57.0. The Morgan fingerprint density at radius 3 is 1.82 bits per heavy atom. The fraction of sp³-hybridized carbons (Fsp3) is 0.415. The van der Waals surface area contributed by atoms with Gasteiger partial charge in [0.2, 0.25) is 11.8 Å².